The topological polar surface area (TPSA) is 43.8 Å². The molecule has 16 heavy (non-hydrogen) atoms. The van der Waals surface area contributed by atoms with E-state index in [1.807, 2.05) is 25.1 Å². The predicted octanol–water partition coefficient (Wildman–Crippen LogP) is 2.78. The van der Waals surface area contributed by atoms with Crippen molar-refractivity contribution in [3.63, 3.8) is 0 Å². The molecule has 0 aliphatic heterocycles. The van der Waals surface area contributed by atoms with E-state index in [0.717, 1.165) is 22.9 Å². The number of nitrogens with zero attached hydrogens (tertiary/aromatic N) is 2. The summed E-state index contributed by atoms with van der Waals surface area (Å²) in [6.45, 7) is 2.03. The summed E-state index contributed by atoms with van der Waals surface area (Å²) in [5.41, 5.74) is 8.20. The van der Waals surface area contributed by atoms with Gasteiger partial charge in [0, 0.05) is 11.6 Å². The highest BCUT2D eigenvalue weighted by atomic mass is 15.2. The first kappa shape index (κ1) is 9.46. The van der Waals surface area contributed by atoms with Gasteiger partial charge in [0.25, 0.3) is 0 Å². The summed E-state index contributed by atoms with van der Waals surface area (Å²) in [5.74, 6) is 1.84. The average Bonchev–Trinajstić information content (AvgIpc) is 3.07. The van der Waals surface area contributed by atoms with Crippen LogP contribution in [0.3, 0.4) is 0 Å². The number of hydrogen-bond donors (Lipinski definition) is 1. The zero-order valence-electron chi connectivity index (χ0n) is 9.35. The lowest BCUT2D eigenvalue weighted by Crippen LogP contribution is -2.02. The standard InChI is InChI=1S/C13H15N3/c1-9-15-12(10-5-3-2-4-6-10)13(14)16(9)11-7-8-11/h2-6,11H,7-8,14H2,1H3. The number of hydrogen-bond acceptors (Lipinski definition) is 2. The van der Waals surface area contributed by atoms with Crippen LogP contribution in [-0.4, -0.2) is 9.55 Å². The van der Waals surface area contributed by atoms with Gasteiger partial charge < -0.3 is 10.3 Å². The molecule has 0 unspecified atom stereocenters. The fraction of sp³-hybridized carbons (Fsp3) is 0.308. The second-order valence-corrected chi connectivity index (χ2v) is 4.36. The highest BCUT2D eigenvalue weighted by molar-refractivity contribution is 5.71. The molecule has 1 fully saturated rings. The Balaban J connectivity index is 2.12. The molecule has 3 nitrogen and oxygen atoms in total. The minimum absolute atomic E-state index is 0.588. The number of nitrogen functional groups attached to an aromatic ring is 1. The first-order chi connectivity index (χ1) is 7.77. The van der Waals surface area contributed by atoms with Crippen molar-refractivity contribution in [2.45, 2.75) is 25.8 Å². The van der Waals surface area contributed by atoms with Crippen LogP contribution < -0.4 is 5.73 Å². The first-order valence-corrected chi connectivity index (χ1v) is 5.67. The monoisotopic (exact) mass is 213 g/mol. The third-order valence-electron chi connectivity index (χ3n) is 3.08. The van der Waals surface area contributed by atoms with Crippen LogP contribution in [0.15, 0.2) is 30.3 Å². The van der Waals surface area contributed by atoms with Crippen molar-refractivity contribution in [2.75, 3.05) is 5.73 Å². The van der Waals surface area contributed by atoms with Crippen molar-refractivity contribution in [1.82, 2.24) is 9.55 Å². The molecule has 0 amide bonds. The van der Waals surface area contributed by atoms with Gasteiger partial charge in [-0.3, -0.25) is 0 Å². The molecule has 1 aliphatic rings. The Bertz CT molecular complexity index is 509. The van der Waals surface area contributed by atoms with Crippen LogP contribution in [0.1, 0.15) is 24.7 Å². The second-order valence-electron chi connectivity index (χ2n) is 4.36. The first-order valence-electron chi connectivity index (χ1n) is 5.67. The molecule has 2 aromatic rings. The molecule has 1 saturated carbocycles. The van der Waals surface area contributed by atoms with E-state index >= 15 is 0 Å². The fourth-order valence-corrected chi connectivity index (χ4v) is 2.16. The van der Waals surface area contributed by atoms with E-state index in [1.165, 1.54) is 12.8 Å². The molecule has 1 aromatic carbocycles. The number of benzene rings is 1. The van der Waals surface area contributed by atoms with Gasteiger partial charge in [0.1, 0.15) is 17.3 Å². The lowest BCUT2D eigenvalue weighted by Gasteiger charge is -2.04. The molecule has 3 rings (SSSR count). The van der Waals surface area contributed by atoms with Crippen molar-refractivity contribution in [3.05, 3.63) is 36.2 Å². The maximum Gasteiger partial charge on any atom is 0.131 e. The third-order valence-corrected chi connectivity index (χ3v) is 3.08. The maximum absolute atomic E-state index is 6.18. The number of imidazole rings is 1. The normalized spacial score (nSPS) is 15.3. The van der Waals surface area contributed by atoms with Crippen LogP contribution in [-0.2, 0) is 0 Å². The molecular weight excluding hydrogens is 198 g/mol. The summed E-state index contributed by atoms with van der Waals surface area (Å²) in [6, 6.07) is 10.7. The van der Waals surface area contributed by atoms with Crippen LogP contribution in [0.25, 0.3) is 11.3 Å². The number of aromatic nitrogens is 2. The summed E-state index contributed by atoms with van der Waals surface area (Å²) in [6.07, 6.45) is 2.46. The summed E-state index contributed by atoms with van der Waals surface area (Å²) >= 11 is 0. The van der Waals surface area contributed by atoms with Gasteiger partial charge in [-0.15, -0.1) is 0 Å². The summed E-state index contributed by atoms with van der Waals surface area (Å²) in [7, 11) is 0. The van der Waals surface area contributed by atoms with Crippen molar-refractivity contribution in [2.24, 2.45) is 0 Å². The Kier molecular flexibility index (Phi) is 1.99. The average molecular weight is 213 g/mol. The Morgan fingerprint density at radius 3 is 2.56 bits per heavy atom. The van der Waals surface area contributed by atoms with Crippen LogP contribution in [0.4, 0.5) is 5.82 Å². The van der Waals surface area contributed by atoms with E-state index in [1.54, 1.807) is 0 Å². The molecule has 0 spiro atoms. The van der Waals surface area contributed by atoms with Crippen molar-refractivity contribution in [1.29, 1.82) is 0 Å². The van der Waals surface area contributed by atoms with Gasteiger partial charge >= 0.3 is 0 Å². The second kappa shape index (κ2) is 3.37. The zero-order chi connectivity index (χ0) is 11.1. The lowest BCUT2D eigenvalue weighted by molar-refractivity contribution is 0.720. The van der Waals surface area contributed by atoms with Gasteiger partial charge in [0.2, 0.25) is 0 Å². The zero-order valence-corrected chi connectivity index (χ0v) is 9.35. The number of rotatable bonds is 2. The maximum atomic E-state index is 6.18. The SMILES string of the molecule is Cc1nc(-c2ccccc2)c(N)n1C1CC1. The van der Waals surface area contributed by atoms with Crippen molar-refractivity contribution >= 4 is 5.82 Å². The Labute approximate surface area is 94.9 Å². The van der Waals surface area contributed by atoms with E-state index in [4.69, 9.17) is 5.73 Å². The number of nitrogens with two attached hydrogens (primary N) is 1. The molecule has 1 aromatic heterocycles. The lowest BCUT2D eigenvalue weighted by atomic mass is 10.1. The molecule has 0 radical (unpaired) electrons. The summed E-state index contributed by atoms with van der Waals surface area (Å²) in [5, 5.41) is 0. The predicted molar refractivity (Wildman–Crippen MR) is 65.1 cm³/mol. The van der Waals surface area contributed by atoms with Gasteiger partial charge in [-0.25, -0.2) is 4.98 Å². The van der Waals surface area contributed by atoms with E-state index in [-0.39, 0.29) is 0 Å². The molecule has 82 valence electrons. The fourth-order valence-electron chi connectivity index (χ4n) is 2.16. The molecule has 0 atom stereocenters. The van der Waals surface area contributed by atoms with Crippen molar-refractivity contribution in [3.8, 4) is 11.3 Å². The summed E-state index contributed by atoms with van der Waals surface area (Å²) in [4.78, 5) is 4.58. The van der Waals surface area contributed by atoms with Crippen LogP contribution in [0.2, 0.25) is 0 Å². The van der Waals surface area contributed by atoms with Gasteiger partial charge in [0.15, 0.2) is 0 Å². The highest BCUT2D eigenvalue weighted by Crippen LogP contribution is 2.40. The number of aryl methyl sites for hydroxylation is 1. The molecule has 1 aliphatic carbocycles. The number of anilines is 1. The highest BCUT2D eigenvalue weighted by Gasteiger charge is 2.28. The van der Waals surface area contributed by atoms with Crippen LogP contribution in [0, 0.1) is 6.92 Å². The Morgan fingerprint density at radius 1 is 1.25 bits per heavy atom. The smallest absolute Gasteiger partial charge is 0.131 e. The van der Waals surface area contributed by atoms with Crippen LogP contribution in [0.5, 0.6) is 0 Å². The Morgan fingerprint density at radius 2 is 1.94 bits per heavy atom. The molecule has 0 bridgehead atoms. The summed E-state index contributed by atoms with van der Waals surface area (Å²) < 4.78 is 2.17. The minimum Gasteiger partial charge on any atom is -0.383 e. The van der Waals surface area contributed by atoms with Gasteiger partial charge in [-0.05, 0) is 19.8 Å². The Hall–Kier alpha value is -1.77. The van der Waals surface area contributed by atoms with E-state index in [0.29, 0.717) is 6.04 Å². The molecule has 1 heterocycles. The van der Waals surface area contributed by atoms with E-state index in [2.05, 4.69) is 21.7 Å². The van der Waals surface area contributed by atoms with E-state index in [9.17, 15) is 0 Å². The van der Waals surface area contributed by atoms with E-state index < -0.39 is 0 Å². The molecule has 3 heteroatoms. The largest absolute Gasteiger partial charge is 0.383 e. The van der Waals surface area contributed by atoms with Gasteiger partial charge in [-0.1, -0.05) is 30.3 Å². The van der Waals surface area contributed by atoms with Crippen molar-refractivity contribution < 1.29 is 0 Å². The molecule has 0 saturated heterocycles. The molecule has 2 N–H and O–H groups in total. The molecular formula is C13H15N3. The minimum atomic E-state index is 0.588. The quantitative estimate of drug-likeness (QED) is 0.833. The van der Waals surface area contributed by atoms with Crippen LogP contribution >= 0.6 is 0 Å². The third kappa shape index (κ3) is 1.40. The van der Waals surface area contributed by atoms with Gasteiger partial charge in [-0.2, -0.15) is 0 Å². The van der Waals surface area contributed by atoms with Gasteiger partial charge in [0.05, 0.1) is 0 Å².